The third-order valence-corrected chi connectivity index (χ3v) is 5.04. The summed E-state index contributed by atoms with van der Waals surface area (Å²) in [6.07, 6.45) is 8.87. The van der Waals surface area contributed by atoms with Crippen LogP contribution in [0.4, 0.5) is 0 Å². The van der Waals surface area contributed by atoms with Gasteiger partial charge in [0.05, 0.1) is 0 Å². The van der Waals surface area contributed by atoms with E-state index >= 15 is 0 Å². The zero-order valence-corrected chi connectivity index (χ0v) is 14.9. The number of allylic oxidation sites excluding steroid dienone is 1. The Labute approximate surface area is 136 Å². The van der Waals surface area contributed by atoms with E-state index in [1.54, 1.807) is 5.57 Å². The van der Waals surface area contributed by atoms with Crippen LogP contribution in [0.5, 0.6) is 0 Å². The van der Waals surface area contributed by atoms with Crippen LogP contribution in [-0.4, -0.2) is 49.6 Å². The van der Waals surface area contributed by atoms with Crippen LogP contribution in [0, 0.1) is 5.92 Å². The molecule has 2 unspecified atom stereocenters. The fourth-order valence-corrected chi connectivity index (χ4v) is 3.46. The molecule has 2 aliphatic rings. The molecule has 0 aromatic carbocycles. The summed E-state index contributed by atoms with van der Waals surface area (Å²) in [5.41, 5.74) is 1.62. The molecule has 2 N–H and O–H groups in total. The van der Waals surface area contributed by atoms with E-state index in [0.717, 1.165) is 25.5 Å². The van der Waals surface area contributed by atoms with E-state index in [2.05, 4.69) is 47.4 Å². The van der Waals surface area contributed by atoms with Gasteiger partial charge in [-0.2, -0.15) is 0 Å². The summed E-state index contributed by atoms with van der Waals surface area (Å²) in [7, 11) is 1.87. The maximum Gasteiger partial charge on any atom is 0.191 e. The van der Waals surface area contributed by atoms with Gasteiger partial charge < -0.3 is 10.6 Å². The zero-order valence-electron chi connectivity index (χ0n) is 14.9. The first-order chi connectivity index (χ1) is 10.6. The van der Waals surface area contributed by atoms with Crippen molar-refractivity contribution < 1.29 is 0 Å². The standard InChI is InChI=1S/C18H34N4/c1-14(2)22-12-15(3)17(13-22)21-18(19-4)20-11-10-16-8-6-5-7-9-16/h8,14-15,17H,5-7,9-13H2,1-4H3,(H2,19,20,21). The third kappa shape index (κ3) is 5.01. The quantitative estimate of drug-likeness (QED) is 0.466. The summed E-state index contributed by atoms with van der Waals surface area (Å²) in [6.45, 7) is 10.2. The molecule has 0 aromatic rings. The minimum Gasteiger partial charge on any atom is -0.356 e. The lowest BCUT2D eigenvalue weighted by Crippen LogP contribution is -2.47. The average Bonchev–Trinajstić information content (AvgIpc) is 2.88. The van der Waals surface area contributed by atoms with Crippen LogP contribution in [0.15, 0.2) is 16.6 Å². The van der Waals surface area contributed by atoms with Crippen molar-refractivity contribution in [2.75, 3.05) is 26.7 Å². The number of hydrogen-bond donors (Lipinski definition) is 2. The molecular weight excluding hydrogens is 272 g/mol. The Morgan fingerprint density at radius 1 is 1.36 bits per heavy atom. The molecule has 2 atom stereocenters. The average molecular weight is 306 g/mol. The van der Waals surface area contributed by atoms with Crippen molar-refractivity contribution in [2.24, 2.45) is 10.9 Å². The molecule has 1 saturated heterocycles. The molecule has 2 rings (SSSR count). The SMILES string of the molecule is CN=C(NCCC1=CCCCC1)NC1CN(C(C)C)CC1C. The van der Waals surface area contributed by atoms with Gasteiger partial charge in [0.1, 0.15) is 0 Å². The molecule has 0 radical (unpaired) electrons. The third-order valence-electron chi connectivity index (χ3n) is 5.04. The lowest BCUT2D eigenvalue weighted by molar-refractivity contribution is 0.265. The van der Waals surface area contributed by atoms with Crippen molar-refractivity contribution in [2.45, 2.75) is 65.0 Å². The van der Waals surface area contributed by atoms with Gasteiger partial charge in [-0.05, 0) is 51.9 Å². The Bertz CT molecular complexity index is 400. The van der Waals surface area contributed by atoms with Crippen molar-refractivity contribution in [3.05, 3.63) is 11.6 Å². The van der Waals surface area contributed by atoms with Gasteiger partial charge in [-0.15, -0.1) is 0 Å². The number of guanidine groups is 1. The first kappa shape index (κ1) is 17.3. The summed E-state index contributed by atoms with van der Waals surface area (Å²) in [5.74, 6) is 1.63. The minimum atomic E-state index is 0.502. The van der Waals surface area contributed by atoms with Gasteiger partial charge in [0.2, 0.25) is 0 Å². The molecule has 1 aliphatic carbocycles. The van der Waals surface area contributed by atoms with E-state index in [1.807, 2.05) is 7.05 Å². The normalized spacial score (nSPS) is 27.1. The van der Waals surface area contributed by atoms with Gasteiger partial charge >= 0.3 is 0 Å². The maximum atomic E-state index is 4.39. The van der Waals surface area contributed by atoms with Crippen LogP contribution in [-0.2, 0) is 0 Å². The van der Waals surface area contributed by atoms with Crippen LogP contribution >= 0.6 is 0 Å². The fraction of sp³-hybridized carbons (Fsp3) is 0.833. The Kier molecular flexibility index (Phi) is 6.74. The highest BCUT2D eigenvalue weighted by Gasteiger charge is 2.31. The molecule has 1 fully saturated rings. The van der Waals surface area contributed by atoms with Crippen molar-refractivity contribution in [3.63, 3.8) is 0 Å². The van der Waals surface area contributed by atoms with Crippen molar-refractivity contribution in [1.82, 2.24) is 15.5 Å². The molecule has 0 spiro atoms. The van der Waals surface area contributed by atoms with E-state index in [1.165, 1.54) is 32.2 Å². The molecule has 126 valence electrons. The summed E-state index contributed by atoms with van der Waals surface area (Å²) in [6, 6.07) is 1.13. The molecule has 4 heteroatoms. The van der Waals surface area contributed by atoms with E-state index in [9.17, 15) is 0 Å². The summed E-state index contributed by atoms with van der Waals surface area (Å²) in [5, 5.41) is 7.10. The number of likely N-dealkylation sites (tertiary alicyclic amines) is 1. The molecule has 1 aliphatic heterocycles. The Balaban J connectivity index is 1.74. The summed E-state index contributed by atoms with van der Waals surface area (Å²) >= 11 is 0. The molecule has 22 heavy (non-hydrogen) atoms. The number of rotatable bonds is 5. The van der Waals surface area contributed by atoms with E-state index in [0.29, 0.717) is 18.0 Å². The van der Waals surface area contributed by atoms with Crippen LogP contribution in [0.25, 0.3) is 0 Å². The smallest absolute Gasteiger partial charge is 0.191 e. The molecule has 0 aromatic heterocycles. The van der Waals surface area contributed by atoms with Gasteiger partial charge in [-0.1, -0.05) is 18.6 Å². The van der Waals surface area contributed by atoms with Gasteiger partial charge in [-0.25, -0.2) is 0 Å². The van der Waals surface area contributed by atoms with E-state index in [-0.39, 0.29) is 0 Å². The molecule has 0 saturated carbocycles. The number of aliphatic imine (C=N–C) groups is 1. The Morgan fingerprint density at radius 3 is 2.77 bits per heavy atom. The van der Waals surface area contributed by atoms with Crippen molar-refractivity contribution in [3.8, 4) is 0 Å². The van der Waals surface area contributed by atoms with Crippen LogP contribution in [0.1, 0.15) is 52.9 Å². The van der Waals surface area contributed by atoms with Gasteiger partial charge in [0.15, 0.2) is 5.96 Å². The molecule has 0 bridgehead atoms. The van der Waals surface area contributed by atoms with E-state index in [4.69, 9.17) is 0 Å². The molecule has 4 nitrogen and oxygen atoms in total. The molecular formula is C18H34N4. The monoisotopic (exact) mass is 306 g/mol. The topological polar surface area (TPSA) is 39.7 Å². The lowest BCUT2D eigenvalue weighted by Gasteiger charge is -2.22. The van der Waals surface area contributed by atoms with Gasteiger partial charge in [0, 0.05) is 38.8 Å². The predicted octanol–water partition coefficient (Wildman–Crippen LogP) is 2.77. The first-order valence-corrected chi connectivity index (χ1v) is 8.99. The largest absolute Gasteiger partial charge is 0.356 e. The second-order valence-corrected chi connectivity index (χ2v) is 7.13. The second kappa shape index (κ2) is 8.56. The summed E-state index contributed by atoms with van der Waals surface area (Å²) in [4.78, 5) is 6.94. The highest BCUT2D eigenvalue weighted by Crippen LogP contribution is 2.20. The highest BCUT2D eigenvalue weighted by atomic mass is 15.3. The van der Waals surface area contributed by atoms with Crippen molar-refractivity contribution >= 4 is 5.96 Å². The minimum absolute atomic E-state index is 0.502. The highest BCUT2D eigenvalue weighted by molar-refractivity contribution is 5.80. The maximum absolute atomic E-state index is 4.39. The van der Waals surface area contributed by atoms with Crippen LogP contribution in [0.2, 0.25) is 0 Å². The first-order valence-electron chi connectivity index (χ1n) is 8.99. The fourth-order valence-electron chi connectivity index (χ4n) is 3.46. The van der Waals surface area contributed by atoms with Crippen LogP contribution in [0.3, 0.4) is 0 Å². The second-order valence-electron chi connectivity index (χ2n) is 7.13. The number of nitrogens with one attached hydrogen (secondary N) is 2. The van der Waals surface area contributed by atoms with E-state index < -0.39 is 0 Å². The predicted molar refractivity (Wildman–Crippen MR) is 95.3 cm³/mol. The van der Waals surface area contributed by atoms with Gasteiger partial charge in [-0.3, -0.25) is 9.89 Å². The van der Waals surface area contributed by atoms with Crippen LogP contribution < -0.4 is 10.6 Å². The number of hydrogen-bond acceptors (Lipinski definition) is 2. The van der Waals surface area contributed by atoms with Crippen molar-refractivity contribution in [1.29, 1.82) is 0 Å². The van der Waals surface area contributed by atoms with Gasteiger partial charge in [0.25, 0.3) is 0 Å². The molecule has 1 heterocycles. The Hall–Kier alpha value is -1.03. The number of nitrogens with zero attached hydrogens (tertiary/aromatic N) is 2. The lowest BCUT2D eigenvalue weighted by atomic mass is 9.97. The zero-order chi connectivity index (χ0) is 15.9. The molecule has 0 amide bonds. The Morgan fingerprint density at radius 2 is 2.18 bits per heavy atom. The summed E-state index contributed by atoms with van der Waals surface area (Å²) < 4.78 is 0.